The largest absolute Gasteiger partial charge is 0.355 e. The van der Waals surface area contributed by atoms with E-state index in [1.54, 1.807) is 9.42 Å². The zero-order chi connectivity index (χ0) is 19.3. The number of fused-ring (bicyclic) bond motifs is 1. The lowest BCUT2D eigenvalue weighted by Crippen LogP contribution is -2.31. The van der Waals surface area contributed by atoms with Crippen molar-refractivity contribution in [2.45, 2.75) is 39.0 Å². The molecule has 0 bridgehead atoms. The summed E-state index contributed by atoms with van der Waals surface area (Å²) in [6.07, 6.45) is 4.58. The summed E-state index contributed by atoms with van der Waals surface area (Å²) in [5.41, 5.74) is 1.64. The highest BCUT2D eigenvalue weighted by Gasteiger charge is 2.17. The molecule has 1 aliphatic rings. The van der Waals surface area contributed by atoms with Gasteiger partial charge in [-0.25, -0.2) is 0 Å². The number of nitrogens with zero attached hydrogens (tertiary/aromatic N) is 6. The maximum absolute atomic E-state index is 12.8. The Hall–Kier alpha value is -2.96. The second kappa shape index (κ2) is 8.37. The van der Waals surface area contributed by atoms with Gasteiger partial charge in [0.05, 0.1) is 0 Å². The summed E-state index contributed by atoms with van der Waals surface area (Å²) < 4.78 is 1.79. The molecule has 7 nitrogen and oxygen atoms in total. The molecule has 1 aliphatic heterocycles. The van der Waals surface area contributed by atoms with Crippen LogP contribution in [0.25, 0.3) is 5.65 Å². The van der Waals surface area contributed by atoms with Crippen LogP contribution in [-0.2, 0) is 11.2 Å². The Bertz CT molecular complexity index is 932. The number of carbonyl (C=O) groups is 1. The Morgan fingerprint density at radius 3 is 2.57 bits per heavy atom. The number of para-hydroxylation sites is 1. The lowest BCUT2D eigenvalue weighted by molar-refractivity contribution is -0.118. The number of benzene rings is 1. The van der Waals surface area contributed by atoms with Gasteiger partial charge in [0.2, 0.25) is 5.91 Å². The molecule has 28 heavy (non-hydrogen) atoms. The standard InChI is InChI=1S/C21H26N6O/c1-2-26(17-9-5-3-6-10-17)21(28)14-13-19-23-22-18-11-12-20(24-27(18)19)25-15-7-4-8-16-25/h3,5-6,9-12H,2,4,7-8,13-16H2,1H3. The fraction of sp³-hybridized carbons (Fsp3) is 0.429. The fourth-order valence-electron chi connectivity index (χ4n) is 3.74. The number of hydrogen-bond acceptors (Lipinski definition) is 5. The van der Waals surface area contributed by atoms with Crippen LogP contribution in [0.4, 0.5) is 11.5 Å². The van der Waals surface area contributed by atoms with Crippen LogP contribution < -0.4 is 9.80 Å². The zero-order valence-corrected chi connectivity index (χ0v) is 16.3. The number of aryl methyl sites for hydroxylation is 1. The second-order valence-corrected chi connectivity index (χ2v) is 7.10. The molecule has 0 aliphatic carbocycles. The van der Waals surface area contributed by atoms with Gasteiger partial charge in [-0.15, -0.1) is 15.3 Å². The predicted octanol–water partition coefficient (Wildman–Crippen LogP) is 3.10. The van der Waals surface area contributed by atoms with Crippen LogP contribution in [0.5, 0.6) is 0 Å². The van der Waals surface area contributed by atoms with E-state index in [9.17, 15) is 4.79 Å². The van der Waals surface area contributed by atoms with Gasteiger partial charge < -0.3 is 9.80 Å². The Morgan fingerprint density at radius 1 is 1.04 bits per heavy atom. The van der Waals surface area contributed by atoms with Crippen molar-refractivity contribution in [3.05, 3.63) is 48.3 Å². The summed E-state index contributed by atoms with van der Waals surface area (Å²) in [6, 6.07) is 13.7. The van der Waals surface area contributed by atoms with Gasteiger partial charge in [0, 0.05) is 38.2 Å². The third kappa shape index (κ3) is 3.83. The molecule has 0 unspecified atom stereocenters. The third-order valence-corrected chi connectivity index (χ3v) is 5.24. The SMILES string of the molecule is CCN(C(=O)CCc1nnc2ccc(N3CCCCC3)nn12)c1ccccc1. The van der Waals surface area contributed by atoms with Crippen LogP contribution in [0, 0.1) is 0 Å². The van der Waals surface area contributed by atoms with Gasteiger partial charge in [-0.05, 0) is 50.5 Å². The van der Waals surface area contributed by atoms with Gasteiger partial charge in [0.1, 0.15) is 5.82 Å². The molecule has 3 aromatic rings. The van der Waals surface area contributed by atoms with Crippen LogP contribution in [-0.4, -0.2) is 45.4 Å². The summed E-state index contributed by atoms with van der Waals surface area (Å²) in [4.78, 5) is 16.9. The first kappa shape index (κ1) is 18.4. The van der Waals surface area contributed by atoms with Crippen LogP contribution in [0.15, 0.2) is 42.5 Å². The minimum absolute atomic E-state index is 0.0811. The molecule has 1 saturated heterocycles. The normalized spacial score (nSPS) is 14.4. The maximum atomic E-state index is 12.8. The van der Waals surface area contributed by atoms with Crippen molar-refractivity contribution in [2.24, 2.45) is 0 Å². The predicted molar refractivity (Wildman–Crippen MR) is 110 cm³/mol. The minimum atomic E-state index is 0.0811. The Morgan fingerprint density at radius 2 is 1.82 bits per heavy atom. The molecular weight excluding hydrogens is 352 g/mol. The highest BCUT2D eigenvalue weighted by molar-refractivity contribution is 5.93. The van der Waals surface area contributed by atoms with Crippen molar-refractivity contribution in [1.82, 2.24) is 19.8 Å². The Balaban J connectivity index is 1.49. The molecule has 4 rings (SSSR count). The molecule has 0 N–H and O–H groups in total. The van der Waals surface area contributed by atoms with E-state index >= 15 is 0 Å². The molecule has 0 spiro atoms. The average molecular weight is 378 g/mol. The van der Waals surface area contributed by atoms with Crippen LogP contribution in [0.3, 0.4) is 0 Å². The summed E-state index contributed by atoms with van der Waals surface area (Å²) in [6.45, 7) is 4.71. The van der Waals surface area contributed by atoms with Crippen molar-refractivity contribution >= 4 is 23.1 Å². The van der Waals surface area contributed by atoms with Crippen LogP contribution >= 0.6 is 0 Å². The molecule has 1 amide bonds. The van der Waals surface area contributed by atoms with Gasteiger partial charge in [0.15, 0.2) is 11.5 Å². The van der Waals surface area contributed by atoms with E-state index in [2.05, 4.69) is 15.1 Å². The van der Waals surface area contributed by atoms with Crippen molar-refractivity contribution in [3.63, 3.8) is 0 Å². The molecule has 2 aromatic heterocycles. The average Bonchev–Trinajstić information content (AvgIpc) is 3.16. The van der Waals surface area contributed by atoms with Gasteiger partial charge in [-0.3, -0.25) is 4.79 Å². The molecular formula is C21H26N6O. The number of piperidine rings is 1. The monoisotopic (exact) mass is 378 g/mol. The Labute approximate surface area is 165 Å². The topological polar surface area (TPSA) is 66.6 Å². The van der Waals surface area contributed by atoms with Crippen LogP contribution in [0.1, 0.15) is 38.4 Å². The van der Waals surface area contributed by atoms with Crippen molar-refractivity contribution < 1.29 is 4.79 Å². The number of rotatable bonds is 6. The second-order valence-electron chi connectivity index (χ2n) is 7.10. The van der Waals surface area contributed by atoms with Gasteiger partial charge in [-0.2, -0.15) is 4.52 Å². The van der Waals surface area contributed by atoms with E-state index in [4.69, 9.17) is 5.10 Å². The van der Waals surface area contributed by atoms with E-state index in [0.717, 1.165) is 36.1 Å². The first-order valence-corrected chi connectivity index (χ1v) is 10.1. The van der Waals surface area contributed by atoms with Gasteiger partial charge in [0.25, 0.3) is 0 Å². The zero-order valence-electron chi connectivity index (χ0n) is 16.3. The lowest BCUT2D eigenvalue weighted by atomic mass is 10.1. The summed E-state index contributed by atoms with van der Waals surface area (Å²) in [5, 5.41) is 13.2. The first-order chi connectivity index (χ1) is 13.8. The van der Waals surface area contributed by atoms with Crippen molar-refractivity contribution in [2.75, 3.05) is 29.4 Å². The molecule has 0 radical (unpaired) electrons. The summed E-state index contributed by atoms with van der Waals surface area (Å²) in [7, 11) is 0. The van der Waals surface area contributed by atoms with Crippen molar-refractivity contribution in [1.29, 1.82) is 0 Å². The fourth-order valence-corrected chi connectivity index (χ4v) is 3.74. The number of amides is 1. The summed E-state index contributed by atoms with van der Waals surface area (Å²) >= 11 is 0. The lowest BCUT2D eigenvalue weighted by Gasteiger charge is -2.27. The van der Waals surface area contributed by atoms with E-state index < -0.39 is 0 Å². The smallest absolute Gasteiger partial charge is 0.227 e. The molecule has 146 valence electrons. The molecule has 1 aromatic carbocycles. The van der Waals surface area contributed by atoms with E-state index in [-0.39, 0.29) is 5.91 Å². The number of anilines is 2. The molecule has 3 heterocycles. The number of carbonyl (C=O) groups excluding carboxylic acids is 1. The van der Waals surface area contributed by atoms with Crippen molar-refractivity contribution in [3.8, 4) is 0 Å². The van der Waals surface area contributed by atoms with E-state index in [0.29, 0.717) is 19.4 Å². The number of aromatic nitrogens is 4. The molecule has 0 atom stereocenters. The van der Waals surface area contributed by atoms with Crippen LogP contribution in [0.2, 0.25) is 0 Å². The molecule has 0 saturated carbocycles. The van der Waals surface area contributed by atoms with E-state index in [1.807, 2.05) is 49.4 Å². The molecule has 1 fully saturated rings. The number of hydrogen-bond donors (Lipinski definition) is 0. The summed E-state index contributed by atoms with van der Waals surface area (Å²) in [5.74, 6) is 1.77. The highest BCUT2D eigenvalue weighted by Crippen LogP contribution is 2.19. The molecule has 7 heteroatoms. The van der Waals surface area contributed by atoms with Gasteiger partial charge >= 0.3 is 0 Å². The Kier molecular flexibility index (Phi) is 5.50. The first-order valence-electron chi connectivity index (χ1n) is 10.1. The highest BCUT2D eigenvalue weighted by atomic mass is 16.2. The van der Waals surface area contributed by atoms with E-state index in [1.165, 1.54) is 19.3 Å². The van der Waals surface area contributed by atoms with Gasteiger partial charge in [-0.1, -0.05) is 18.2 Å². The maximum Gasteiger partial charge on any atom is 0.227 e. The quantitative estimate of drug-likeness (QED) is 0.659. The third-order valence-electron chi connectivity index (χ3n) is 5.24. The minimum Gasteiger partial charge on any atom is -0.355 e.